The van der Waals surface area contributed by atoms with E-state index in [-0.39, 0.29) is 29.0 Å². The van der Waals surface area contributed by atoms with Gasteiger partial charge in [0, 0.05) is 23.2 Å². The Labute approximate surface area is 173 Å². The van der Waals surface area contributed by atoms with E-state index in [1.54, 1.807) is 11.3 Å². The molecule has 1 atom stereocenters. The monoisotopic (exact) mass is 407 g/mol. The summed E-state index contributed by atoms with van der Waals surface area (Å²) in [5, 5.41) is 3.19. The molecule has 1 aliphatic heterocycles. The normalized spacial score (nSPS) is 25.6. The van der Waals surface area contributed by atoms with Gasteiger partial charge in [-0.2, -0.15) is 4.99 Å². The van der Waals surface area contributed by atoms with Crippen molar-refractivity contribution in [1.29, 1.82) is 0 Å². The molecule has 1 aliphatic carbocycles. The predicted molar refractivity (Wildman–Crippen MR) is 115 cm³/mol. The molecule has 28 heavy (non-hydrogen) atoms. The molecular weight excluding hydrogens is 370 g/mol. The molecule has 3 rings (SSSR count). The predicted octanol–water partition coefficient (Wildman–Crippen LogP) is 4.95. The summed E-state index contributed by atoms with van der Waals surface area (Å²) in [6.07, 6.45) is 6.88. The first-order valence-electron chi connectivity index (χ1n) is 10.7. The molecule has 6 heteroatoms. The van der Waals surface area contributed by atoms with E-state index in [0.29, 0.717) is 0 Å². The van der Waals surface area contributed by atoms with Crippen LogP contribution in [-0.4, -0.2) is 29.4 Å². The van der Waals surface area contributed by atoms with Crippen molar-refractivity contribution < 1.29 is 9.53 Å². The van der Waals surface area contributed by atoms with Crippen LogP contribution in [0.5, 0.6) is 0 Å². The largest absolute Gasteiger partial charge is 0.376 e. The highest BCUT2D eigenvalue weighted by Crippen LogP contribution is 2.45. The zero-order chi connectivity index (χ0) is 20.5. The van der Waals surface area contributed by atoms with E-state index in [1.807, 2.05) is 0 Å². The van der Waals surface area contributed by atoms with Crippen molar-refractivity contribution in [2.75, 3.05) is 6.61 Å². The molecule has 1 saturated carbocycles. The molecule has 1 N–H and O–H groups in total. The van der Waals surface area contributed by atoms with Crippen molar-refractivity contribution in [2.24, 2.45) is 15.8 Å². The SMILES string of the molecule is Cc1s/c(=N\C(=O)NC2CC(C)(C)CC(C)(C)C2)n(CC2CCCCO2)c1C. The number of ether oxygens (including phenoxy) is 1. The lowest BCUT2D eigenvalue weighted by atomic mass is 9.63. The van der Waals surface area contributed by atoms with Crippen LogP contribution in [0.4, 0.5) is 4.79 Å². The first-order chi connectivity index (χ1) is 13.0. The molecule has 0 aromatic carbocycles. The minimum absolute atomic E-state index is 0.187. The van der Waals surface area contributed by atoms with Crippen LogP contribution in [0.15, 0.2) is 4.99 Å². The fourth-order valence-electron chi connectivity index (χ4n) is 5.29. The van der Waals surface area contributed by atoms with E-state index in [1.165, 1.54) is 23.4 Å². The van der Waals surface area contributed by atoms with Gasteiger partial charge in [0.1, 0.15) is 0 Å². The Morgan fingerprint density at radius 1 is 1.21 bits per heavy atom. The number of hydrogen-bond acceptors (Lipinski definition) is 3. The molecular formula is C22H37N3O2S. The maximum absolute atomic E-state index is 12.8. The first-order valence-corrected chi connectivity index (χ1v) is 11.5. The number of aryl methyl sites for hydroxylation is 1. The van der Waals surface area contributed by atoms with E-state index in [2.05, 4.69) is 56.4 Å². The molecule has 1 saturated heterocycles. The van der Waals surface area contributed by atoms with Gasteiger partial charge in [-0.1, -0.05) is 27.7 Å². The smallest absolute Gasteiger partial charge is 0.343 e. The molecule has 2 fully saturated rings. The Morgan fingerprint density at radius 2 is 1.89 bits per heavy atom. The maximum atomic E-state index is 12.8. The summed E-state index contributed by atoms with van der Waals surface area (Å²) in [6.45, 7) is 15.0. The lowest BCUT2D eigenvalue weighted by Crippen LogP contribution is -2.45. The Bertz CT molecular complexity index is 753. The fraction of sp³-hybridized carbons (Fsp3) is 0.818. The molecule has 0 radical (unpaired) electrons. The van der Waals surface area contributed by atoms with Crippen molar-refractivity contribution in [1.82, 2.24) is 9.88 Å². The number of rotatable bonds is 3. The molecule has 0 bridgehead atoms. The van der Waals surface area contributed by atoms with Crippen molar-refractivity contribution in [2.45, 2.75) is 98.8 Å². The van der Waals surface area contributed by atoms with Crippen LogP contribution in [-0.2, 0) is 11.3 Å². The molecule has 5 nitrogen and oxygen atoms in total. The van der Waals surface area contributed by atoms with Crippen LogP contribution >= 0.6 is 11.3 Å². The molecule has 158 valence electrons. The Hall–Kier alpha value is -1.14. The number of aromatic nitrogens is 1. The standard InChI is InChI=1S/C22H37N3O2S/c1-15-16(2)28-20(25(15)13-18-9-7-8-10-27-18)24-19(26)23-17-11-21(3,4)14-22(5,6)12-17/h17-18H,7-14H2,1-6H3,(H,23,26)/b24-20-. The highest BCUT2D eigenvalue weighted by Gasteiger charge is 2.38. The van der Waals surface area contributed by atoms with E-state index in [9.17, 15) is 4.79 Å². The number of hydrogen-bond donors (Lipinski definition) is 1. The van der Waals surface area contributed by atoms with Crippen molar-refractivity contribution in [3.05, 3.63) is 15.4 Å². The second-order valence-electron chi connectivity index (χ2n) is 10.3. The number of carbonyl (C=O) groups is 1. The van der Waals surface area contributed by atoms with Gasteiger partial charge in [0.05, 0.1) is 12.6 Å². The number of nitrogens with one attached hydrogen (secondary N) is 1. The summed E-state index contributed by atoms with van der Waals surface area (Å²) >= 11 is 1.60. The Kier molecular flexibility index (Phi) is 6.40. The van der Waals surface area contributed by atoms with Crippen LogP contribution in [0.3, 0.4) is 0 Å². The highest BCUT2D eigenvalue weighted by atomic mass is 32.1. The van der Waals surface area contributed by atoms with Gasteiger partial charge in [0.15, 0.2) is 4.80 Å². The zero-order valence-corrected chi connectivity index (χ0v) is 19.2. The summed E-state index contributed by atoms with van der Waals surface area (Å²) in [6, 6.07) is -0.0228. The van der Waals surface area contributed by atoms with Crippen molar-refractivity contribution in [3.63, 3.8) is 0 Å². The Balaban J connectivity index is 1.75. The third-order valence-electron chi connectivity index (χ3n) is 6.13. The van der Waals surface area contributed by atoms with Gasteiger partial charge in [-0.3, -0.25) is 0 Å². The number of thiazole rings is 1. The molecule has 1 aromatic rings. The van der Waals surface area contributed by atoms with Gasteiger partial charge in [-0.25, -0.2) is 4.79 Å². The summed E-state index contributed by atoms with van der Waals surface area (Å²) in [7, 11) is 0. The quantitative estimate of drug-likeness (QED) is 0.771. The number of carbonyl (C=O) groups excluding carboxylic acids is 1. The number of urea groups is 1. The lowest BCUT2D eigenvalue weighted by molar-refractivity contribution is 0.00524. The topological polar surface area (TPSA) is 55.6 Å². The second kappa shape index (κ2) is 8.31. The van der Waals surface area contributed by atoms with E-state index in [0.717, 1.165) is 43.6 Å². The van der Waals surface area contributed by atoms with Crippen LogP contribution < -0.4 is 10.1 Å². The first kappa shape index (κ1) is 21.6. The minimum Gasteiger partial charge on any atom is -0.376 e. The molecule has 2 heterocycles. The van der Waals surface area contributed by atoms with Gasteiger partial charge in [-0.15, -0.1) is 11.3 Å². The van der Waals surface area contributed by atoms with Gasteiger partial charge in [0.2, 0.25) is 0 Å². The van der Waals surface area contributed by atoms with Crippen LogP contribution in [0.25, 0.3) is 0 Å². The van der Waals surface area contributed by atoms with Crippen LogP contribution in [0, 0.1) is 24.7 Å². The molecule has 2 amide bonds. The molecule has 2 aliphatic rings. The van der Waals surface area contributed by atoms with Crippen molar-refractivity contribution >= 4 is 17.4 Å². The average molecular weight is 408 g/mol. The highest BCUT2D eigenvalue weighted by molar-refractivity contribution is 7.09. The van der Waals surface area contributed by atoms with E-state index < -0.39 is 0 Å². The number of nitrogens with zero attached hydrogens (tertiary/aromatic N) is 2. The zero-order valence-electron chi connectivity index (χ0n) is 18.4. The molecule has 0 spiro atoms. The van der Waals surface area contributed by atoms with Crippen LogP contribution in [0.2, 0.25) is 0 Å². The van der Waals surface area contributed by atoms with Crippen LogP contribution in [0.1, 0.15) is 76.8 Å². The van der Waals surface area contributed by atoms with Crippen molar-refractivity contribution in [3.8, 4) is 0 Å². The summed E-state index contributed by atoms with van der Waals surface area (Å²) < 4.78 is 8.09. The summed E-state index contributed by atoms with van der Waals surface area (Å²) in [5.41, 5.74) is 1.67. The molecule has 1 aromatic heterocycles. The summed E-state index contributed by atoms with van der Waals surface area (Å²) in [4.78, 5) is 19.2. The lowest BCUT2D eigenvalue weighted by Gasteiger charge is -2.44. The second-order valence-corrected chi connectivity index (χ2v) is 11.5. The van der Waals surface area contributed by atoms with Gasteiger partial charge in [0.25, 0.3) is 0 Å². The average Bonchev–Trinajstić information content (AvgIpc) is 2.80. The van der Waals surface area contributed by atoms with Gasteiger partial charge >= 0.3 is 6.03 Å². The van der Waals surface area contributed by atoms with E-state index >= 15 is 0 Å². The van der Waals surface area contributed by atoms with Gasteiger partial charge < -0.3 is 14.6 Å². The third kappa shape index (κ3) is 5.47. The van der Waals surface area contributed by atoms with E-state index in [4.69, 9.17) is 4.74 Å². The van der Waals surface area contributed by atoms with Gasteiger partial charge in [-0.05, 0) is 63.2 Å². The minimum atomic E-state index is -0.210. The number of amides is 2. The Morgan fingerprint density at radius 3 is 2.50 bits per heavy atom. The third-order valence-corrected chi connectivity index (χ3v) is 7.23. The maximum Gasteiger partial charge on any atom is 0.343 e. The summed E-state index contributed by atoms with van der Waals surface area (Å²) in [5.74, 6) is 0. The molecule has 1 unspecified atom stereocenters. The fourth-order valence-corrected chi connectivity index (χ4v) is 6.28.